The molecule has 0 saturated heterocycles. The smallest absolute Gasteiger partial charge is 0.319 e. The number of rotatable bonds is 7. The summed E-state index contributed by atoms with van der Waals surface area (Å²) < 4.78 is 60.2. The fourth-order valence-corrected chi connectivity index (χ4v) is 2.18. The van der Waals surface area contributed by atoms with Crippen LogP contribution in [0, 0.1) is 0 Å². The van der Waals surface area contributed by atoms with Crippen LogP contribution in [0.1, 0.15) is 5.56 Å². The normalized spacial score (nSPS) is 11.8. The van der Waals surface area contributed by atoms with Crippen molar-refractivity contribution in [3.05, 3.63) is 22.2 Å². The SMILES string of the molecule is COc1cc(CNCC(F)(F)C(F)F)cc(Br)c1OC. The Morgan fingerprint density at radius 2 is 1.90 bits per heavy atom. The van der Waals surface area contributed by atoms with Gasteiger partial charge in [0.05, 0.1) is 25.2 Å². The Balaban J connectivity index is 2.72. The second kappa shape index (κ2) is 7.12. The number of hydrogen-bond donors (Lipinski definition) is 1. The van der Waals surface area contributed by atoms with Crippen LogP contribution < -0.4 is 14.8 Å². The third-order valence-corrected chi connectivity index (χ3v) is 3.09. The number of hydrogen-bond acceptors (Lipinski definition) is 3. The molecule has 0 aliphatic carbocycles. The maximum absolute atomic E-state index is 12.7. The van der Waals surface area contributed by atoms with E-state index in [-0.39, 0.29) is 6.54 Å². The summed E-state index contributed by atoms with van der Waals surface area (Å²) in [6.45, 7) is -1.10. The molecule has 0 radical (unpaired) electrons. The molecule has 0 aliphatic rings. The average Bonchev–Trinajstić information content (AvgIpc) is 2.37. The van der Waals surface area contributed by atoms with E-state index in [2.05, 4.69) is 21.2 Å². The van der Waals surface area contributed by atoms with E-state index < -0.39 is 18.9 Å². The largest absolute Gasteiger partial charge is 0.493 e. The summed E-state index contributed by atoms with van der Waals surface area (Å²) in [5.41, 5.74) is 0.597. The van der Waals surface area contributed by atoms with E-state index in [4.69, 9.17) is 9.47 Å². The van der Waals surface area contributed by atoms with E-state index in [0.717, 1.165) is 0 Å². The number of nitrogens with one attached hydrogen (secondary N) is 1. The molecule has 8 heteroatoms. The predicted molar refractivity (Wildman–Crippen MR) is 69.9 cm³/mol. The van der Waals surface area contributed by atoms with Crippen molar-refractivity contribution in [1.29, 1.82) is 0 Å². The summed E-state index contributed by atoms with van der Waals surface area (Å²) >= 11 is 3.25. The van der Waals surface area contributed by atoms with Crippen molar-refractivity contribution in [3.8, 4) is 11.5 Å². The third-order valence-electron chi connectivity index (χ3n) is 2.50. The quantitative estimate of drug-likeness (QED) is 0.756. The number of ether oxygens (including phenoxy) is 2. The topological polar surface area (TPSA) is 30.5 Å². The molecule has 1 N–H and O–H groups in total. The maximum atomic E-state index is 12.7. The molecule has 0 amide bonds. The zero-order valence-corrected chi connectivity index (χ0v) is 12.4. The second-order valence-corrected chi connectivity index (χ2v) is 4.83. The highest BCUT2D eigenvalue weighted by atomic mass is 79.9. The van der Waals surface area contributed by atoms with Crippen molar-refractivity contribution >= 4 is 15.9 Å². The summed E-state index contributed by atoms with van der Waals surface area (Å²) in [4.78, 5) is 0. The Bertz CT molecular complexity index is 457. The first-order valence-electron chi connectivity index (χ1n) is 5.59. The summed E-state index contributed by atoms with van der Waals surface area (Å²) in [5.74, 6) is -3.16. The molecule has 114 valence electrons. The van der Waals surface area contributed by atoms with Gasteiger partial charge >= 0.3 is 12.3 Å². The molecule has 0 atom stereocenters. The van der Waals surface area contributed by atoms with E-state index in [0.29, 0.717) is 21.5 Å². The number of halogens is 5. The fraction of sp³-hybridized carbons (Fsp3) is 0.500. The van der Waals surface area contributed by atoms with E-state index in [1.165, 1.54) is 14.2 Å². The van der Waals surface area contributed by atoms with Crippen molar-refractivity contribution in [2.24, 2.45) is 0 Å². The molecule has 0 unspecified atom stereocenters. The van der Waals surface area contributed by atoms with Crippen LogP contribution >= 0.6 is 15.9 Å². The molecule has 20 heavy (non-hydrogen) atoms. The first-order chi connectivity index (χ1) is 9.31. The molecule has 1 rings (SSSR count). The van der Waals surface area contributed by atoms with Gasteiger partial charge in [0.1, 0.15) is 0 Å². The summed E-state index contributed by atoms with van der Waals surface area (Å²) in [7, 11) is 2.90. The van der Waals surface area contributed by atoms with E-state index in [9.17, 15) is 17.6 Å². The lowest BCUT2D eigenvalue weighted by Gasteiger charge is -2.16. The Kier molecular flexibility index (Phi) is 6.07. The molecule has 0 bridgehead atoms. The number of benzene rings is 1. The first kappa shape index (κ1) is 17.0. The summed E-state index contributed by atoms with van der Waals surface area (Å²) in [5, 5.41) is 2.29. The van der Waals surface area contributed by atoms with Crippen LogP contribution in [0.5, 0.6) is 11.5 Å². The highest BCUT2D eigenvalue weighted by molar-refractivity contribution is 9.10. The molecule has 3 nitrogen and oxygen atoms in total. The van der Waals surface area contributed by atoms with Gasteiger partial charge in [-0.3, -0.25) is 0 Å². The van der Waals surface area contributed by atoms with E-state index >= 15 is 0 Å². The minimum Gasteiger partial charge on any atom is -0.493 e. The zero-order valence-electron chi connectivity index (χ0n) is 10.9. The fourth-order valence-electron chi connectivity index (χ4n) is 1.52. The van der Waals surface area contributed by atoms with Gasteiger partial charge in [0.2, 0.25) is 0 Å². The molecule has 1 aromatic rings. The predicted octanol–water partition coefficient (Wildman–Crippen LogP) is 3.46. The molecule has 1 aromatic carbocycles. The van der Waals surface area contributed by atoms with Gasteiger partial charge in [0.25, 0.3) is 0 Å². The highest BCUT2D eigenvalue weighted by Crippen LogP contribution is 2.36. The molecule has 0 aliphatic heterocycles. The molecule has 0 fully saturated rings. The van der Waals surface area contributed by atoms with Crippen LogP contribution in [-0.2, 0) is 6.54 Å². The lowest BCUT2D eigenvalue weighted by Crippen LogP contribution is -2.38. The standard InChI is InChI=1S/C12H14BrF4NO2/c1-19-9-4-7(3-8(13)10(9)20-2)5-18-6-12(16,17)11(14)15/h3-4,11,18H,5-6H2,1-2H3. The van der Waals surface area contributed by atoms with Gasteiger partial charge < -0.3 is 14.8 Å². The van der Waals surface area contributed by atoms with Gasteiger partial charge in [-0.15, -0.1) is 0 Å². The van der Waals surface area contributed by atoms with Gasteiger partial charge in [-0.1, -0.05) is 0 Å². The Labute approximate surface area is 122 Å². The lowest BCUT2D eigenvalue weighted by atomic mass is 10.2. The molecule has 0 saturated carbocycles. The summed E-state index contributed by atoms with van der Waals surface area (Å²) in [6.07, 6.45) is -3.69. The van der Waals surface area contributed by atoms with Crippen LogP contribution in [0.25, 0.3) is 0 Å². The van der Waals surface area contributed by atoms with Crippen molar-refractivity contribution < 1.29 is 27.0 Å². The van der Waals surface area contributed by atoms with Gasteiger partial charge in [0.15, 0.2) is 11.5 Å². The second-order valence-electron chi connectivity index (χ2n) is 3.98. The minimum atomic E-state index is -4.05. The average molecular weight is 360 g/mol. The molecule has 0 spiro atoms. The van der Waals surface area contributed by atoms with E-state index in [1.807, 2.05) is 0 Å². The Morgan fingerprint density at radius 3 is 2.40 bits per heavy atom. The van der Waals surface area contributed by atoms with Crippen molar-refractivity contribution in [2.45, 2.75) is 18.9 Å². The van der Waals surface area contributed by atoms with Crippen LogP contribution in [0.3, 0.4) is 0 Å². The van der Waals surface area contributed by atoms with Crippen LogP contribution in [0.2, 0.25) is 0 Å². The Morgan fingerprint density at radius 1 is 1.25 bits per heavy atom. The van der Waals surface area contributed by atoms with Crippen LogP contribution in [0.15, 0.2) is 16.6 Å². The van der Waals surface area contributed by atoms with Gasteiger partial charge in [-0.2, -0.15) is 8.78 Å². The van der Waals surface area contributed by atoms with Crippen LogP contribution in [-0.4, -0.2) is 33.1 Å². The monoisotopic (exact) mass is 359 g/mol. The molecular formula is C12H14BrF4NO2. The minimum absolute atomic E-state index is 0.00125. The van der Waals surface area contributed by atoms with E-state index in [1.54, 1.807) is 12.1 Å². The van der Waals surface area contributed by atoms with Gasteiger partial charge in [-0.05, 0) is 33.6 Å². The summed E-state index contributed by atoms with van der Waals surface area (Å²) in [6, 6.07) is 3.21. The highest BCUT2D eigenvalue weighted by Gasteiger charge is 2.39. The first-order valence-corrected chi connectivity index (χ1v) is 6.38. The van der Waals surface area contributed by atoms with Crippen molar-refractivity contribution in [2.75, 3.05) is 20.8 Å². The van der Waals surface area contributed by atoms with Gasteiger partial charge in [-0.25, -0.2) is 8.78 Å². The van der Waals surface area contributed by atoms with Crippen molar-refractivity contribution in [1.82, 2.24) is 5.32 Å². The molecular weight excluding hydrogens is 346 g/mol. The maximum Gasteiger partial charge on any atom is 0.319 e. The zero-order chi connectivity index (χ0) is 15.3. The lowest BCUT2D eigenvalue weighted by molar-refractivity contribution is -0.125. The molecule has 0 aromatic heterocycles. The van der Waals surface area contributed by atoms with Gasteiger partial charge in [0, 0.05) is 6.54 Å². The molecule has 0 heterocycles. The Hall–Kier alpha value is -1.02. The number of alkyl halides is 4. The third kappa shape index (κ3) is 4.24. The number of methoxy groups -OCH3 is 2. The van der Waals surface area contributed by atoms with Crippen LogP contribution in [0.4, 0.5) is 17.6 Å². The van der Waals surface area contributed by atoms with Crippen molar-refractivity contribution in [3.63, 3.8) is 0 Å².